The molecule has 2 rings (SSSR count). The number of nitrogens with zero attached hydrogens (tertiary/aromatic N) is 2. The van der Waals surface area contributed by atoms with Crippen LogP contribution in [0.15, 0.2) is 24.4 Å². The van der Waals surface area contributed by atoms with Gasteiger partial charge in [-0.25, -0.2) is 9.07 Å². The highest BCUT2D eigenvalue weighted by Gasteiger charge is 2.07. The first kappa shape index (κ1) is 9.71. The highest BCUT2D eigenvalue weighted by molar-refractivity contribution is 5.46. The van der Waals surface area contributed by atoms with Gasteiger partial charge in [-0.2, -0.15) is 5.10 Å². The number of benzene rings is 1. The lowest BCUT2D eigenvalue weighted by atomic mass is 10.2. The SMILES string of the molecule is Cc1cn(-c2ccc(N)cc2F)nc1C. The molecule has 78 valence electrons. The van der Waals surface area contributed by atoms with Gasteiger partial charge in [0.25, 0.3) is 0 Å². The molecule has 0 radical (unpaired) electrons. The maximum absolute atomic E-state index is 13.5. The lowest BCUT2D eigenvalue weighted by Crippen LogP contribution is -1.99. The smallest absolute Gasteiger partial charge is 0.150 e. The van der Waals surface area contributed by atoms with Gasteiger partial charge in [-0.1, -0.05) is 0 Å². The lowest BCUT2D eigenvalue weighted by Gasteiger charge is -2.03. The summed E-state index contributed by atoms with van der Waals surface area (Å²) in [6, 6.07) is 4.57. The normalized spacial score (nSPS) is 10.6. The summed E-state index contributed by atoms with van der Waals surface area (Å²) in [5.41, 5.74) is 8.23. The van der Waals surface area contributed by atoms with Crippen LogP contribution in [-0.2, 0) is 0 Å². The van der Waals surface area contributed by atoms with E-state index in [0.29, 0.717) is 11.4 Å². The second-order valence-electron chi connectivity index (χ2n) is 3.55. The van der Waals surface area contributed by atoms with Crippen LogP contribution >= 0.6 is 0 Å². The largest absolute Gasteiger partial charge is 0.399 e. The molecular weight excluding hydrogens is 193 g/mol. The van der Waals surface area contributed by atoms with Gasteiger partial charge in [-0.3, -0.25) is 0 Å². The van der Waals surface area contributed by atoms with Crippen LogP contribution in [-0.4, -0.2) is 9.78 Å². The lowest BCUT2D eigenvalue weighted by molar-refractivity contribution is 0.611. The number of nitrogens with two attached hydrogens (primary N) is 1. The molecule has 1 heterocycles. The Bertz CT molecular complexity index is 483. The first-order valence-corrected chi connectivity index (χ1v) is 4.66. The van der Waals surface area contributed by atoms with Crippen LogP contribution in [0.3, 0.4) is 0 Å². The van der Waals surface area contributed by atoms with Crippen molar-refractivity contribution in [2.45, 2.75) is 13.8 Å². The number of rotatable bonds is 1. The first-order valence-electron chi connectivity index (χ1n) is 4.66. The van der Waals surface area contributed by atoms with Crippen molar-refractivity contribution in [3.05, 3.63) is 41.5 Å². The highest BCUT2D eigenvalue weighted by atomic mass is 19.1. The second-order valence-corrected chi connectivity index (χ2v) is 3.55. The van der Waals surface area contributed by atoms with Gasteiger partial charge in [0.15, 0.2) is 5.82 Å². The fourth-order valence-corrected chi connectivity index (χ4v) is 1.38. The van der Waals surface area contributed by atoms with E-state index in [4.69, 9.17) is 5.73 Å². The summed E-state index contributed by atoms with van der Waals surface area (Å²) >= 11 is 0. The van der Waals surface area contributed by atoms with Gasteiger partial charge in [0.05, 0.1) is 5.69 Å². The molecular formula is C11H12FN3. The average molecular weight is 205 g/mol. The summed E-state index contributed by atoms with van der Waals surface area (Å²) in [5, 5.41) is 4.21. The predicted molar refractivity (Wildman–Crippen MR) is 57.4 cm³/mol. The fraction of sp³-hybridized carbons (Fsp3) is 0.182. The minimum absolute atomic E-state index is 0.363. The fourth-order valence-electron chi connectivity index (χ4n) is 1.38. The Kier molecular flexibility index (Phi) is 2.19. The molecule has 0 saturated carbocycles. The van der Waals surface area contributed by atoms with Crippen LogP contribution in [0.5, 0.6) is 0 Å². The Balaban J connectivity index is 2.54. The molecule has 2 aromatic rings. The molecule has 0 amide bonds. The highest BCUT2D eigenvalue weighted by Crippen LogP contribution is 2.17. The maximum atomic E-state index is 13.5. The Morgan fingerprint density at radius 3 is 2.60 bits per heavy atom. The molecule has 0 fully saturated rings. The van der Waals surface area contributed by atoms with Crippen molar-refractivity contribution < 1.29 is 4.39 Å². The van der Waals surface area contributed by atoms with Crippen LogP contribution < -0.4 is 5.73 Å². The predicted octanol–water partition coefficient (Wildman–Crippen LogP) is 2.21. The summed E-state index contributed by atoms with van der Waals surface area (Å²) in [6.07, 6.45) is 1.80. The van der Waals surface area contributed by atoms with Crippen molar-refractivity contribution in [1.29, 1.82) is 0 Å². The number of hydrogen-bond acceptors (Lipinski definition) is 2. The van der Waals surface area contributed by atoms with E-state index in [2.05, 4.69) is 5.10 Å². The third-order valence-electron chi connectivity index (χ3n) is 2.36. The van der Waals surface area contributed by atoms with Gasteiger partial charge in [-0.15, -0.1) is 0 Å². The zero-order chi connectivity index (χ0) is 11.0. The molecule has 0 spiro atoms. The molecule has 0 saturated heterocycles. The molecule has 4 heteroatoms. The van der Waals surface area contributed by atoms with Gasteiger partial charge >= 0.3 is 0 Å². The van der Waals surface area contributed by atoms with E-state index in [1.165, 1.54) is 10.7 Å². The minimum atomic E-state index is -0.363. The maximum Gasteiger partial charge on any atom is 0.150 e. The summed E-state index contributed by atoms with van der Waals surface area (Å²) in [4.78, 5) is 0. The van der Waals surface area contributed by atoms with Crippen LogP contribution in [0, 0.1) is 19.7 Å². The quantitative estimate of drug-likeness (QED) is 0.725. The Morgan fingerprint density at radius 1 is 1.33 bits per heavy atom. The van der Waals surface area contributed by atoms with E-state index < -0.39 is 0 Å². The molecule has 3 nitrogen and oxygen atoms in total. The van der Waals surface area contributed by atoms with E-state index in [0.717, 1.165) is 11.3 Å². The van der Waals surface area contributed by atoms with Crippen LogP contribution in [0.2, 0.25) is 0 Å². The molecule has 2 N–H and O–H groups in total. The number of aromatic nitrogens is 2. The molecule has 0 bridgehead atoms. The topological polar surface area (TPSA) is 43.8 Å². The minimum Gasteiger partial charge on any atom is -0.399 e. The summed E-state index contributed by atoms with van der Waals surface area (Å²) < 4.78 is 15.1. The van der Waals surface area contributed by atoms with Crippen LogP contribution in [0.1, 0.15) is 11.3 Å². The first-order chi connectivity index (χ1) is 7.08. The van der Waals surface area contributed by atoms with Crippen LogP contribution in [0.4, 0.5) is 10.1 Å². The number of anilines is 1. The summed E-state index contributed by atoms with van der Waals surface area (Å²) in [5.74, 6) is -0.363. The second kappa shape index (κ2) is 3.38. The van der Waals surface area contributed by atoms with Crippen molar-refractivity contribution in [2.24, 2.45) is 0 Å². The Morgan fingerprint density at radius 2 is 2.07 bits per heavy atom. The average Bonchev–Trinajstić information content (AvgIpc) is 2.46. The van der Waals surface area contributed by atoms with Crippen LogP contribution in [0.25, 0.3) is 5.69 Å². The molecule has 0 aliphatic rings. The zero-order valence-electron chi connectivity index (χ0n) is 8.66. The molecule has 1 aromatic carbocycles. The molecule has 15 heavy (non-hydrogen) atoms. The molecule has 0 unspecified atom stereocenters. The number of nitrogen functional groups attached to an aromatic ring is 1. The third-order valence-corrected chi connectivity index (χ3v) is 2.36. The van der Waals surface area contributed by atoms with E-state index in [-0.39, 0.29) is 5.82 Å². The van der Waals surface area contributed by atoms with E-state index in [1.54, 1.807) is 18.3 Å². The van der Waals surface area contributed by atoms with Crippen molar-refractivity contribution in [3.8, 4) is 5.69 Å². The van der Waals surface area contributed by atoms with Gasteiger partial charge < -0.3 is 5.73 Å². The standard InChI is InChI=1S/C11H12FN3/c1-7-6-15(14-8(7)2)11-4-3-9(13)5-10(11)12/h3-6H,13H2,1-2H3. The Hall–Kier alpha value is -1.84. The number of hydrogen-bond donors (Lipinski definition) is 1. The molecule has 0 atom stereocenters. The van der Waals surface area contributed by atoms with Gasteiger partial charge in [0.2, 0.25) is 0 Å². The monoisotopic (exact) mass is 205 g/mol. The number of aryl methyl sites for hydroxylation is 2. The number of halogens is 1. The molecule has 1 aromatic heterocycles. The molecule has 0 aliphatic heterocycles. The van der Waals surface area contributed by atoms with Crippen molar-refractivity contribution in [1.82, 2.24) is 9.78 Å². The van der Waals surface area contributed by atoms with Crippen molar-refractivity contribution >= 4 is 5.69 Å². The van der Waals surface area contributed by atoms with E-state index in [9.17, 15) is 4.39 Å². The third kappa shape index (κ3) is 1.70. The summed E-state index contributed by atoms with van der Waals surface area (Å²) in [6.45, 7) is 3.83. The Labute approximate surface area is 87.3 Å². The van der Waals surface area contributed by atoms with Gasteiger partial charge in [-0.05, 0) is 37.6 Å². The van der Waals surface area contributed by atoms with E-state index in [1.807, 2.05) is 13.8 Å². The van der Waals surface area contributed by atoms with E-state index >= 15 is 0 Å². The molecule has 0 aliphatic carbocycles. The van der Waals surface area contributed by atoms with Gasteiger partial charge in [0, 0.05) is 11.9 Å². The zero-order valence-corrected chi connectivity index (χ0v) is 8.66. The van der Waals surface area contributed by atoms with Gasteiger partial charge in [0.1, 0.15) is 5.69 Å². The van der Waals surface area contributed by atoms with Crippen molar-refractivity contribution in [3.63, 3.8) is 0 Å². The van der Waals surface area contributed by atoms with Crippen molar-refractivity contribution in [2.75, 3.05) is 5.73 Å². The summed E-state index contributed by atoms with van der Waals surface area (Å²) in [7, 11) is 0.